The Kier molecular flexibility index (Phi) is 10.7. The van der Waals surface area contributed by atoms with Gasteiger partial charge in [0.05, 0.1) is 12.6 Å². The average molecular weight is 523 g/mol. The Labute approximate surface area is 211 Å². The third-order valence-electron chi connectivity index (χ3n) is 5.38. The molecule has 4 atom stereocenters. The molecule has 2 rings (SSSR count). The first-order valence-corrected chi connectivity index (χ1v) is 11.6. The molecular weight excluding hydrogens is 492 g/mol. The van der Waals surface area contributed by atoms with E-state index in [-0.39, 0.29) is 25.0 Å². The maximum Gasteiger partial charge on any atom is 0.326 e. The zero-order valence-corrected chi connectivity index (χ0v) is 20.2. The summed E-state index contributed by atoms with van der Waals surface area (Å²) in [7, 11) is 0. The van der Waals surface area contributed by atoms with Crippen molar-refractivity contribution in [1.82, 2.24) is 20.9 Å². The molecule has 0 bridgehead atoms. The van der Waals surface area contributed by atoms with Crippen molar-refractivity contribution in [2.75, 3.05) is 12.4 Å². The number of carboxylic acids is 1. The van der Waals surface area contributed by atoms with Gasteiger partial charge in [-0.2, -0.15) is 12.6 Å². The van der Waals surface area contributed by atoms with E-state index in [1.807, 2.05) is 24.3 Å². The predicted molar refractivity (Wildman–Crippen MR) is 133 cm³/mol. The van der Waals surface area contributed by atoms with Gasteiger partial charge in [0.1, 0.15) is 18.1 Å². The average Bonchev–Trinajstić information content (AvgIpc) is 3.25. The van der Waals surface area contributed by atoms with E-state index in [0.29, 0.717) is 0 Å². The van der Waals surface area contributed by atoms with Crippen LogP contribution in [0.4, 0.5) is 0 Å². The van der Waals surface area contributed by atoms with Crippen molar-refractivity contribution in [2.24, 2.45) is 11.5 Å². The molecule has 0 fully saturated rings. The molecule has 1 heterocycles. The van der Waals surface area contributed by atoms with E-state index in [2.05, 4.69) is 33.6 Å². The summed E-state index contributed by atoms with van der Waals surface area (Å²) in [5.41, 5.74) is 12.7. The standard InChI is InChI=1S/C22H30N6O7S/c23-13(7-11-8-25-14-4-2-1-3-12(11)14)19(31)28-17(10-36)21(33)27-16(9-29)20(32)26-15(22(34)35)5-6-18(24)30/h1-4,8,13,15-17,25,29,36H,5-7,9-10,23H2,(H2,24,30)(H,26,32)(H,27,33)(H,28,31)(H,34,35). The van der Waals surface area contributed by atoms with Crippen LogP contribution in [0.15, 0.2) is 30.5 Å². The van der Waals surface area contributed by atoms with Crippen LogP contribution < -0.4 is 27.4 Å². The van der Waals surface area contributed by atoms with Gasteiger partial charge in [0.2, 0.25) is 23.6 Å². The molecule has 0 aliphatic rings. The van der Waals surface area contributed by atoms with Crippen molar-refractivity contribution < 1.29 is 34.2 Å². The molecular formula is C22H30N6O7S. The van der Waals surface area contributed by atoms with Gasteiger partial charge in [-0.15, -0.1) is 0 Å². The molecule has 0 saturated heterocycles. The van der Waals surface area contributed by atoms with Crippen LogP contribution >= 0.6 is 12.6 Å². The summed E-state index contributed by atoms with van der Waals surface area (Å²) in [5, 5.41) is 26.5. The number of primary amides is 1. The fourth-order valence-electron chi connectivity index (χ4n) is 3.39. The van der Waals surface area contributed by atoms with Crippen LogP contribution in [0, 0.1) is 0 Å². The Hall–Kier alpha value is -3.62. The Bertz CT molecular complexity index is 1110. The number of para-hydroxylation sites is 1. The smallest absolute Gasteiger partial charge is 0.326 e. The van der Waals surface area contributed by atoms with Gasteiger partial charge in [0, 0.05) is 29.3 Å². The van der Waals surface area contributed by atoms with Crippen LogP contribution in [0.2, 0.25) is 0 Å². The quantitative estimate of drug-likeness (QED) is 0.123. The van der Waals surface area contributed by atoms with Crippen LogP contribution in [-0.2, 0) is 30.4 Å². The van der Waals surface area contributed by atoms with Gasteiger partial charge in [0.15, 0.2) is 0 Å². The number of aliphatic hydroxyl groups is 1. The molecule has 0 saturated carbocycles. The molecule has 0 aliphatic heterocycles. The van der Waals surface area contributed by atoms with Crippen LogP contribution in [-0.4, -0.2) is 81.3 Å². The first-order chi connectivity index (χ1) is 17.1. The number of rotatable bonds is 14. The zero-order valence-electron chi connectivity index (χ0n) is 19.3. The van der Waals surface area contributed by atoms with E-state index >= 15 is 0 Å². The zero-order chi connectivity index (χ0) is 26.8. The molecule has 196 valence electrons. The molecule has 0 radical (unpaired) electrons. The number of carboxylic acid groups (broad SMARTS) is 1. The van der Waals surface area contributed by atoms with E-state index in [9.17, 15) is 34.2 Å². The Morgan fingerprint density at radius 3 is 2.19 bits per heavy atom. The number of aromatic amines is 1. The first-order valence-electron chi connectivity index (χ1n) is 11.0. The second kappa shape index (κ2) is 13.5. The van der Waals surface area contributed by atoms with Crippen molar-refractivity contribution in [1.29, 1.82) is 0 Å². The molecule has 0 aliphatic carbocycles. The van der Waals surface area contributed by atoms with Gasteiger partial charge in [-0.3, -0.25) is 19.2 Å². The number of aliphatic hydroxyl groups excluding tert-OH is 1. The lowest BCUT2D eigenvalue weighted by atomic mass is 10.0. The molecule has 14 heteroatoms. The summed E-state index contributed by atoms with van der Waals surface area (Å²) in [5.74, 6) is -4.78. The van der Waals surface area contributed by atoms with E-state index in [0.717, 1.165) is 16.5 Å². The second-order valence-electron chi connectivity index (χ2n) is 8.06. The molecule has 2 aromatic rings. The van der Waals surface area contributed by atoms with Gasteiger partial charge in [-0.1, -0.05) is 18.2 Å². The van der Waals surface area contributed by atoms with Gasteiger partial charge in [0.25, 0.3) is 0 Å². The van der Waals surface area contributed by atoms with Gasteiger partial charge >= 0.3 is 5.97 Å². The number of carbonyl (C=O) groups excluding carboxylic acids is 4. The van der Waals surface area contributed by atoms with Crippen molar-refractivity contribution in [3.05, 3.63) is 36.0 Å². The number of fused-ring (bicyclic) bond motifs is 1. The number of aliphatic carboxylic acids is 1. The third kappa shape index (κ3) is 7.96. The largest absolute Gasteiger partial charge is 0.480 e. The highest BCUT2D eigenvalue weighted by Crippen LogP contribution is 2.18. The predicted octanol–water partition coefficient (Wildman–Crippen LogP) is -2.24. The number of benzene rings is 1. The molecule has 36 heavy (non-hydrogen) atoms. The van der Waals surface area contributed by atoms with Crippen molar-refractivity contribution in [3.8, 4) is 0 Å². The topological polar surface area (TPSA) is 230 Å². The summed E-state index contributed by atoms with van der Waals surface area (Å²) < 4.78 is 0. The highest BCUT2D eigenvalue weighted by molar-refractivity contribution is 7.80. The molecule has 10 N–H and O–H groups in total. The Morgan fingerprint density at radius 1 is 0.972 bits per heavy atom. The molecule has 1 aromatic carbocycles. The monoisotopic (exact) mass is 522 g/mol. The molecule has 4 unspecified atom stereocenters. The summed E-state index contributed by atoms with van der Waals surface area (Å²) in [4.78, 5) is 63.0. The lowest BCUT2D eigenvalue weighted by Crippen LogP contribution is -2.58. The number of nitrogens with two attached hydrogens (primary N) is 2. The molecule has 0 spiro atoms. The molecule has 13 nitrogen and oxygen atoms in total. The fourth-order valence-corrected chi connectivity index (χ4v) is 3.64. The summed E-state index contributed by atoms with van der Waals surface area (Å²) in [6, 6.07) is 2.34. The number of H-pyrrole nitrogens is 1. The van der Waals surface area contributed by atoms with E-state index in [1.165, 1.54) is 0 Å². The minimum absolute atomic E-state index is 0.145. The van der Waals surface area contributed by atoms with Gasteiger partial charge in [-0.05, 0) is 24.5 Å². The highest BCUT2D eigenvalue weighted by Gasteiger charge is 2.29. The number of nitrogens with one attached hydrogen (secondary N) is 4. The fraction of sp³-hybridized carbons (Fsp3) is 0.409. The SMILES string of the molecule is NC(=O)CCC(NC(=O)C(CO)NC(=O)C(CS)NC(=O)C(N)Cc1c[nH]c2ccccc12)C(=O)O. The van der Waals surface area contributed by atoms with Crippen molar-refractivity contribution in [2.45, 2.75) is 43.4 Å². The second-order valence-corrected chi connectivity index (χ2v) is 8.43. The van der Waals surface area contributed by atoms with Crippen molar-refractivity contribution >= 4 is 53.1 Å². The first kappa shape index (κ1) is 28.6. The van der Waals surface area contributed by atoms with E-state index < -0.39 is 60.4 Å². The minimum atomic E-state index is -1.52. The lowest BCUT2D eigenvalue weighted by molar-refractivity contribution is -0.143. The van der Waals surface area contributed by atoms with Crippen LogP contribution in [0.1, 0.15) is 18.4 Å². The molecule has 4 amide bonds. The number of carbonyl (C=O) groups is 5. The number of amides is 4. The van der Waals surface area contributed by atoms with Crippen LogP contribution in [0.5, 0.6) is 0 Å². The van der Waals surface area contributed by atoms with E-state index in [1.54, 1.807) is 6.20 Å². The number of aromatic nitrogens is 1. The van der Waals surface area contributed by atoms with Gasteiger partial charge in [-0.25, -0.2) is 4.79 Å². The normalized spacial score (nSPS) is 14.3. The van der Waals surface area contributed by atoms with E-state index in [4.69, 9.17) is 11.5 Å². The maximum absolute atomic E-state index is 12.6. The lowest BCUT2D eigenvalue weighted by Gasteiger charge is -2.23. The maximum atomic E-state index is 12.6. The van der Waals surface area contributed by atoms with Crippen LogP contribution in [0.3, 0.4) is 0 Å². The summed E-state index contributed by atoms with van der Waals surface area (Å²) >= 11 is 4.06. The highest BCUT2D eigenvalue weighted by atomic mass is 32.1. The Balaban J connectivity index is 1.96. The number of thiol groups is 1. The summed E-state index contributed by atoms with van der Waals surface area (Å²) in [6.07, 6.45) is 1.38. The van der Waals surface area contributed by atoms with Crippen molar-refractivity contribution in [3.63, 3.8) is 0 Å². The number of hydrogen-bond acceptors (Lipinski definition) is 8. The minimum Gasteiger partial charge on any atom is -0.480 e. The Morgan fingerprint density at radius 2 is 1.58 bits per heavy atom. The van der Waals surface area contributed by atoms with Gasteiger partial charge < -0.3 is 42.6 Å². The third-order valence-corrected chi connectivity index (χ3v) is 5.74. The molecule has 1 aromatic heterocycles. The van der Waals surface area contributed by atoms with Crippen LogP contribution in [0.25, 0.3) is 10.9 Å². The summed E-state index contributed by atoms with van der Waals surface area (Å²) in [6.45, 7) is -0.854. The number of hydrogen-bond donors (Lipinski definition) is 9.